The number of rotatable bonds is 7. The zero-order chi connectivity index (χ0) is 15.2. The molecule has 114 valence electrons. The summed E-state index contributed by atoms with van der Waals surface area (Å²) < 4.78 is 2.00. The van der Waals surface area contributed by atoms with E-state index in [1.165, 1.54) is 0 Å². The Balaban J connectivity index is 2.55. The Hall–Kier alpha value is -1.36. The van der Waals surface area contributed by atoms with Crippen molar-refractivity contribution in [3.63, 3.8) is 0 Å². The van der Waals surface area contributed by atoms with Gasteiger partial charge in [-0.2, -0.15) is 0 Å². The van der Waals surface area contributed by atoms with Gasteiger partial charge in [-0.25, -0.2) is 4.98 Å². The number of carbonyl (C=O) groups is 1. The van der Waals surface area contributed by atoms with Gasteiger partial charge in [0.05, 0.1) is 18.9 Å². The van der Waals surface area contributed by atoms with E-state index >= 15 is 0 Å². The molecule has 1 heterocycles. The van der Waals surface area contributed by atoms with Gasteiger partial charge in [0.2, 0.25) is 5.91 Å². The fourth-order valence-electron chi connectivity index (χ4n) is 1.80. The molecule has 2 N–H and O–H groups in total. The van der Waals surface area contributed by atoms with Crippen LogP contribution in [-0.4, -0.2) is 34.1 Å². The van der Waals surface area contributed by atoms with Crippen LogP contribution in [0.15, 0.2) is 18.7 Å². The zero-order valence-corrected chi connectivity index (χ0v) is 13.3. The quantitative estimate of drug-likeness (QED) is 0.801. The summed E-state index contributed by atoms with van der Waals surface area (Å²) in [5.74, 6) is 0.0466. The molecule has 1 aromatic heterocycles. The third-order valence-electron chi connectivity index (χ3n) is 3.56. The molecule has 2 unspecified atom stereocenters. The topological polar surface area (TPSA) is 59.0 Å². The third kappa shape index (κ3) is 5.74. The first-order chi connectivity index (χ1) is 9.32. The molecule has 0 aliphatic carbocycles. The maximum atomic E-state index is 12.1. The predicted molar refractivity (Wildman–Crippen MR) is 81.4 cm³/mol. The van der Waals surface area contributed by atoms with Gasteiger partial charge < -0.3 is 15.2 Å². The lowest BCUT2D eigenvalue weighted by Crippen LogP contribution is -2.49. The van der Waals surface area contributed by atoms with Gasteiger partial charge in [-0.15, -0.1) is 0 Å². The van der Waals surface area contributed by atoms with Gasteiger partial charge in [0.15, 0.2) is 0 Å². The smallest absolute Gasteiger partial charge is 0.234 e. The standard InChI is InChI=1S/C15H28N4O/c1-6-12(2)17-9-14(20)18-13(15(3,4)5)10-19-8-7-16-11-19/h7-8,11-13,17H,6,9-10H2,1-5H3,(H,18,20). The van der Waals surface area contributed by atoms with Crippen molar-refractivity contribution in [1.29, 1.82) is 0 Å². The van der Waals surface area contributed by atoms with Gasteiger partial charge in [0.1, 0.15) is 0 Å². The highest BCUT2D eigenvalue weighted by molar-refractivity contribution is 5.78. The van der Waals surface area contributed by atoms with Crippen molar-refractivity contribution in [2.24, 2.45) is 5.41 Å². The highest BCUT2D eigenvalue weighted by atomic mass is 16.2. The van der Waals surface area contributed by atoms with E-state index in [1.807, 2.05) is 10.8 Å². The fraction of sp³-hybridized carbons (Fsp3) is 0.733. The molecule has 1 aromatic rings. The molecule has 0 bridgehead atoms. The van der Waals surface area contributed by atoms with Crippen LogP contribution in [0.3, 0.4) is 0 Å². The second kappa shape index (κ2) is 7.43. The predicted octanol–water partition coefficient (Wildman–Crippen LogP) is 1.80. The van der Waals surface area contributed by atoms with Gasteiger partial charge in [-0.3, -0.25) is 4.79 Å². The molecular weight excluding hydrogens is 252 g/mol. The number of nitrogens with one attached hydrogen (secondary N) is 2. The lowest BCUT2D eigenvalue weighted by atomic mass is 9.86. The Labute approximate surface area is 122 Å². The Morgan fingerprint density at radius 3 is 2.60 bits per heavy atom. The molecule has 2 atom stereocenters. The number of carbonyl (C=O) groups excluding carboxylic acids is 1. The van der Waals surface area contributed by atoms with Crippen LogP contribution in [0, 0.1) is 5.41 Å². The van der Waals surface area contributed by atoms with Crippen LogP contribution >= 0.6 is 0 Å². The van der Waals surface area contributed by atoms with Gasteiger partial charge >= 0.3 is 0 Å². The normalized spacial score (nSPS) is 14.8. The van der Waals surface area contributed by atoms with Gasteiger partial charge in [-0.05, 0) is 18.8 Å². The molecular formula is C15H28N4O. The number of aromatic nitrogens is 2. The van der Waals surface area contributed by atoms with E-state index in [9.17, 15) is 4.79 Å². The minimum atomic E-state index is -0.00367. The van der Waals surface area contributed by atoms with Crippen LogP contribution in [0.5, 0.6) is 0 Å². The first-order valence-corrected chi connectivity index (χ1v) is 7.31. The number of amides is 1. The summed E-state index contributed by atoms with van der Waals surface area (Å²) in [7, 11) is 0. The van der Waals surface area contributed by atoms with E-state index < -0.39 is 0 Å². The Morgan fingerprint density at radius 2 is 2.10 bits per heavy atom. The summed E-state index contributed by atoms with van der Waals surface area (Å²) in [6.07, 6.45) is 6.47. The summed E-state index contributed by atoms with van der Waals surface area (Å²) >= 11 is 0. The first-order valence-electron chi connectivity index (χ1n) is 7.31. The molecule has 0 radical (unpaired) electrons. The summed E-state index contributed by atoms with van der Waals surface area (Å²) in [6.45, 7) is 11.7. The molecule has 0 aromatic carbocycles. The van der Waals surface area contributed by atoms with E-state index in [-0.39, 0.29) is 17.4 Å². The van der Waals surface area contributed by atoms with Crippen LogP contribution in [0.4, 0.5) is 0 Å². The van der Waals surface area contributed by atoms with Crippen LogP contribution in [0.25, 0.3) is 0 Å². The van der Waals surface area contributed by atoms with Crippen LogP contribution in [0.2, 0.25) is 0 Å². The fourth-order valence-corrected chi connectivity index (χ4v) is 1.80. The maximum absolute atomic E-state index is 12.1. The van der Waals surface area contributed by atoms with Crippen LogP contribution in [-0.2, 0) is 11.3 Å². The molecule has 0 aliphatic rings. The molecule has 0 aliphatic heterocycles. The molecule has 0 saturated heterocycles. The number of imidazole rings is 1. The highest BCUT2D eigenvalue weighted by Crippen LogP contribution is 2.20. The van der Waals surface area contributed by atoms with E-state index in [2.05, 4.69) is 50.2 Å². The van der Waals surface area contributed by atoms with Crippen molar-refractivity contribution < 1.29 is 4.79 Å². The summed E-state index contributed by atoms with van der Waals surface area (Å²) in [5, 5.41) is 6.34. The van der Waals surface area contributed by atoms with Gasteiger partial charge in [-0.1, -0.05) is 27.7 Å². The summed E-state index contributed by atoms with van der Waals surface area (Å²) in [6, 6.07) is 0.436. The Kier molecular flexibility index (Phi) is 6.20. The lowest BCUT2D eigenvalue weighted by molar-refractivity contribution is -0.122. The molecule has 0 saturated carbocycles. The molecule has 1 amide bonds. The SMILES string of the molecule is CCC(C)NCC(=O)NC(Cn1ccnc1)C(C)(C)C. The maximum Gasteiger partial charge on any atom is 0.234 e. The molecule has 5 heteroatoms. The second-order valence-corrected chi connectivity index (χ2v) is 6.44. The van der Waals surface area contributed by atoms with E-state index in [4.69, 9.17) is 0 Å². The first kappa shape index (κ1) is 16.7. The lowest BCUT2D eigenvalue weighted by Gasteiger charge is -2.32. The third-order valence-corrected chi connectivity index (χ3v) is 3.56. The average molecular weight is 280 g/mol. The van der Waals surface area contributed by atoms with Crippen molar-refractivity contribution in [1.82, 2.24) is 20.2 Å². The van der Waals surface area contributed by atoms with E-state index in [1.54, 1.807) is 12.5 Å². The number of nitrogens with zero attached hydrogens (tertiary/aromatic N) is 2. The average Bonchev–Trinajstić information content (AvgIpc) is 2.87. The van der Waals surface area contributed by atoms with Gasteiger partial charge in [0, 0.05) is 25.0 Å². The minimum absolute atomic E-state index is 0.00367. The Morgan fingerprint density at radius 1 is 1.40 bits per heavy atom. The second-order valence-electron chi connectivity index (χ2n) is 6.44. The van der Waals surface area contributed by atoms with Crippen molar-refractivity contribution in [2.45, 2.75) is 59.7 Å². The molecule has 5 nitrogen and oxygen atoms in total. The van der Waals surface area contributed by atoms with Crippen LogP contribution in [0.1, 0.15) is 41.0 Å². The Bertz CT molecular complexity index is 395. The molecule has 20 heavy (non-hydrogen) atoms. The monoisotopic (exact) mass is 280 g/mol. The largest absolute Gasteiger partial charge is 0.350 e. The number of hydrogen-bond acceptors (Lipinski definition) is 3. The highest BCUT2D eigenvalue weighted by Gasteiger charge is 2.26. The van der Waals surface area contributed by atoms with E-state index in [0.29, 0.717) is 12.6 Å². The summed E-state index contributed by atoms with van der Waals surface area (Å²) in [5.41, 5.74) is -0.00367. The van der Waals surface area contributed by atoms with Gasteiger partial charge in [0.25, 0.3) is 0 Å². The van der Waals surface area contributed by atoms with Crippen molar-refractivity contribution in [2.75, 3.05) is 6.54 Å². The molecule has 1 rings (SSSR count). The van der Waals surface area contributed by atoms with Crippen molar-refractivity contribution in [3.05, 3.63) is 18.7 Å². The molecule has 0 fully saturated rings. The van der Waals surface area contributed by atoms with Crippen LogP contribution < -0.4 is 10.6 Å². The zero-order valence-electron chi connectivity index (χ0n) is 13.3. The summed E-state index contributed by atoms with van der Waals surface area (Å²) in [4.78, 5) is 16.1. The minimum Gasteiger partial charge on any atom is -0.350 e. The molecule has 0 spiro atoms. The number of hydrogen-bond donors (Lipinski definition) is 2. The van der Waals surface area contributed by atoms with Crippen molar-refractivity contribution >= 4 is 5.91 Å². The van der Waals surface area contributed by atoms with E-state index in [0.717, 1.165) is 13.0 Å². The van der Waals surface area contributed by atoms with Crippen molar-refractivity contribution in [3.8, 4) is 0 Å².